The molecule has 5 nitrogen and oxygen atoms in total. The van der Waals surface area contributed by atoms with E-state index >= 15 is 0 Å². The highest BCUT2D eigenvalue weighted by molar-refractivity contribution is 5.92. The third-order valence-corrected chi connectivity index (χ3v) is 5.63. The van der Waals surface area contributed by atoms with Crippen LogP contribution in [0.3, 0.4) is 0 Å². The molecule has 1 N–H and O–H groups in total. The lowest BCUT2D eigenvalue weighted by atomic mass is 10.0. The molecule has 3 heterocycles. The lowest BCUT2D eigenvalue weighted by Gasteiger charge is -2.32. The summed E-state index contributed by atoms with van der Waals surface area (Å²) in [7, 11) is 0. The number of amides is 1. The molecular formula is C22H28N4O. The lowest BCUT2D eigenvalue weighted by molar-refractivity contribution is 0.0904. The van der Waals surface area contributed by atoms with Crippen molar-refractivity contribution < 1.29 is 4.79 Å². The van der Waals surface area contributed by atoms with Crippen LogP contribution in [0, 0.1) is 0 Å². The molecule has 0 atom stereocenters. The summed E-state index contributed by atoms with van der Waals surface area (Å²) in [6.07, 6.45) is 6.27. The fourth-order valence-electron chi connectivity index (χ4n) is 4.04. The molecule has 2 aromatic rings. The molecule has 1 aromatic carbocycles. The molecular weight excluding hydrogens is 336 g/mol. The van der Waals surface area contributed by atoms with Crippen LogP contribution in [-0.4, -0.2) is 48.0 Å². The minimum absolute atomic E-state index is 0.0634. The molecule has 2 aliphatic heterocycles. The van der Waals surface area contributed by atoms with Crippen molar-refractivity contribution >= 4 is 11.6 Å². The Kier molecular flexibility index (Phi) is 5.68. The number of rotatable bonds is 5. The van der Waals surface area contributed by atoms with Crippen molar-refractivity contribution in [1.29, 1.82) is 0 Å². The van der Waals surface area contributed by atoms with Crippen molar-refractivity contribution in [2.24, 2.45) is 0 Å². The van der Waals surface area contributed by atoms with Crippen LogP contribution in [0.2, 0.25) is 0 Å². The van der Waals surface area contributed by atoms with Crippen LogP contribution in [0.4, 0.5) is 5.69 Å². The maximum atomic E-state index is 12.2. The Hall–Kier alpha value is -2.40. The van der Waals surface area contributed by atoms with Gasteiger partial charge in [0.2, 0.25) is 0 Å². The van der Waals surface area contributed by atoms with E-state index < -0.39 is 0 Å². The summed E-state index contributed by atoms with van der Waals surface area (Å²) in [5, 5.41) is 3.12. The Balaban J connectivity index is 1.24. The SMILES string of the molecule is O=C(NC1CCN(Cc2ccc(N3CCCC3)cc2)CC1)c1ccccn1. The average Bonchev–Trinajstić information content (AvgIpc) is 3.26. The summed E-state index contributed by atoms with van der Waals surface area (Å²) in [5.74, 6) is -0.0634. The minimum Gasteiger partial charge on any atom is -0.372 e. The molecule has 0 bridgehead atoms. The number of pyridine rings is 1. The minimum atomic E-state index is -0.0634. The number of hydrogen-bond donors (Lipinski definition) is 1. The van der Waals surface area contributed by atoms with Crippen LogP contribution < -0.4 is 10.2 Å². The van der Waals surface area contributed by atoms with E-state index in [2.05, 4.69) is 44.4 Å². The van der Waals surface area contributed by atoms with Crippen molar-refractivity contribution in [2.75, 3.05) is 31.1 Å². The van der Waals surface area contributed by atoms with Crippen molar-refractivity contribution in [3.63, 3.8) is 0 Å². The molecule has 2 saturated heterocycles. The molecule has 0 radical (unpaired) electrons. The van der Waals surface area contributed by atoms with Gasteiger partial charge in [0.15, 0.2) is 0 Å². The van der Waals surface area contributed by atoms with Gasteiger partial charge in [-0.3, -0.25) is 14.7 Å². The number of carbonyl (C=O) groups is 1. The molecule has 4 rings (SSSR count). The number of aromatic nitrogens is 1. The predicted molar refractivity (Wildman–Crippen MR) is 108 cm³/mol. The summed E-state index contributed by atoms with van der Waals surface area (Å²) < 4.78 is 0. The number of hydrogen-bond acceptors (Lipinski definition) is 4. The first-order valence-electron chi connectivity index (χ1n) is 10.1. The first-order chi connectivity index (χ1) is 13.3. The van der Waals surface area contributed by atoms with Crippen molar-refractivity contribution in [2.45, 2.75) is 38.3 Å². The van der Waals surface area contributed by atoms with E-state index in [4.69, 9.17) is 0 Å². The average molecular weight is 364 g/mol. The first-order valence-corrected chi connectivity index (χ1v) is 10.1. The van der Waals surface area contributed by atoms with Gasteiger partial charge >= 0.3 is 0 Å². The molecule has 0 aliphatic carbocycles. The number of likely N-dealkylation sites (tertiary alicyclic amines) is 1. The van der Waals surface area contributed by atoms with Crippen LogP contribution in [0.1, 0.15) is 41.7 Å². The number of benzene rings is 1. The third-order valence-electron chi connectivity index (χ3n) is 5.63. The standard InChI is InChI=1S/C22H28N4O/c27-22(21-5-1-2-12-23-21)24-19-10-15-25(16-11-19)17-18-6-8-20(9-7-18)26-13-3-4-14-26/h1-2,5-9,12,19H,3-4,10-11,13-17H2,(H,24,27). The maximum Gasteiger partial charge on any atom is 0.270 e. The summed E-state index contributed by atoms with van der Waals surface area (Å²) in [4.78, 5) is 21.3. The van der Waals surface area contributed by atoms with Gasteiger partial charge in [-0.05, 0) is 55.5 Å². The third kappa shape index (κ3) is 4.66. The highest BCUT2D eigenvalue weighted by Crippen LogP contribution is 2.21. The van der Waals surface area contributed by atoms with Crippen LogP contribution in [-0.2, 0) is 6.54 Å². The fourth-order valence-corrected chi connectivity index (χ4v) is 4.04. The Morgan fingerprint density at radius 1 is 1.00 bits per heavy atom. The van der Waals surface area contributed by atoms with E-state index in [0.29, 0.717) is 5.69 Å². The van der Waals surface area contributed by atoms with E-state index in [-0.39, 0.29) is 11.9 Å². The van der Waals surface area contributed by atoms with Crippen LogP contribution in [0.25, 0.3) is 0 Å². The highest BCUT2D eigenvalue weighted by Gasteiger charge is 2.21. The van der Waals surface area contributed by atoms with E-state index in [1.54, 1.807) is 12.3 Å². The Morgan fingerprint density at radius 3 is 2.41 bits per heavy atom. The normalized spacial score (nSPS) is 18.6. The van der Waals surface area contributed by atoms with Gasteiger partial charge in [-0.2, -0.15) is 0 Å². The van der Waals surface area contributed by atoms with Gasteiger partial charge in [0.25, 0.3) is 5.91 Å². The first kappa shape index (κ1) is 18.0. The monoisotopic (exact) mass is 364 g/mol. The summed E-state index contributed by atoms with van der Waals surface area (Å²) >= 11 is 0. The maximum absolute atomic E-state index is 12.2. The van der Waals surface area contributed by atoms with Crippen LogP contribution >= 0.6 is 0 Å². The Morgan fingerprint density at radius 2 is 1.74 bits per heavy atom. The molecule has 0 spiro atoms. The van der Waals surface area contributed by atoms with Crippen LogP contribution in [0.5, 0.6) is 0 Å². The van der Waals surface area contributed by atoms with Crippen LogP contribution in [0.15, 0.2) is 48.7 Å². The quantitative estimate of drug-likeness (QED) is 0.886. The van der Waals surface area contributed by atoms with Crippen molar-refractivity contribution in [3.05, 3.63) is 59.9 Å². The molecule has 27 heavy (non-hydrogen) atoms. The molecule has 2 aliphatic rings. The number of carbonyl (C=O) groups excluding carboxylic acids is 1. The van der Waals surface area contributed by atoms with E-state index in [9.17, 15) is 4.79 Å². The zero-order chi connectivity index (χ0) is 18.5. The zero-order valence-electron chi connectivity index (χ0n) is 15.8. The second-order valence-electron chi connectivity index (χ2n) is 7.60. The fraction of sp³-hybridized carbons (Fsp3) is 0.455. The number of piperidine rings is 1. The summed E-state index contributed by atoms with van der Waals surface area (Å²) in [6, 6.07) is 14.7. The van der Waals surface area contributed by atoms with Gasteiger partial charge in [0.05, 0.1) is 0 Å². The molecule has 1 aromatic heterocycles. The molecule has 2 fully saturated rings. The van der Waals surface area contributed by atoms with Gasteiger partial charge in [-0.1, -0.05) is 18.2 Å². The molecule has 142 valence electrons. The lowest BCUT2D eigenvalue weighted by Crippen LogP contribution is -2.44. The largest absolute Gasteiger partial charge is 0.372 e. The number of nitrogens with zero attached hydrogens (tertiary/aromatic N) is 3. The second-order valence-corrected chi connectivity index (χ2v) is 7.60. The van der Waals surface area contributed by atoms with Gasteiger partial charge < -0.3 is 10.2 Å². The Labute approximate surface area is 161 Å². The molecule has 5 heteroatoms. The highest BCUT2D eigenvalue weighted by atomic mass is 16.1. The Bertz CT molecular complexity index is 733. The summed E-state index contributed by atoms with van der Waals surface area (Å²) in [5.41, 5.74) is 3.22. The number of anilines is 1. The second kappa shape index (κ2) is 8.53. The topological polar surface area (TPSA) is 48.5 Å². The van der Waals surface area contributed by atoms with E-state index in [1.165, 1.54) is 37.2 Å². The van der Waals surface area contributed by atoms with Gasteiger partial charge in [0.1, 0.15) is 5.69 Å². The molecule has 0 saturated carbocycles. The van der Waals surface area contributed by atoms with E-state index in [1.807, 2.05) is 12.1 Å². The smallest absolute Gasteiger partial charge is 0.270 e. The van der Waals surface area contributed by atoms with E-state index in [0.717, 1.165) is 32.5 Å². The number of nitrogens with one attached hydrogen (secondary N) is 1. The molecule has 0 unspecified atom stereocenters. The summed E-state index contributed by atoms with van der Waals surface area (Å²) in [6.45, 7) is 5.40. The van der Waals surface area contributed by atoms with Gasteiger partial charge in [-0.25, -0.2) is 0 Å². The van der Waals surface area contributed by atoms with Gasteiger partial charge in [-0.15, -0.1) is 0 Å². The van der Waals surface area contributed by atoms with Crippen molar-refractivity contribution in [3.8, 4) is 0 Å². The van der Waals surface area contributed by atoms with Gasteiger partial charge in [0, 0.05) is 50.6 Å². The predicted octanol–water partition coefficient (Wildman–Crippen LogP) is 3.08. The molecule has 1 amide bonds. The zero-order valence-corrected chi connectivity index (χ0v) is 15.8. The van der Waals surface area contributed by atoms with Crippen molar-refractivity contribution in [1.82, 2.24) is 15.2 Å².